The third-order valence-corrected chi connectivity index (χ3v) is 1.44. The molecule has 0 aliphatic rings. The van der Waals surface area contributed by atoms with Crippen molar-refractivity contribution < 1.29 is 28.2 Å². The molecular weight excluding hydrogens is 186 g/mol. The van der Waals surface area contributed by atoms with Gasteiger partial charge in [-0.05, 0) is 12.1 Å². The molecule has 13 heavy (non-hydrogen) atoms. The molecule has 0 spiro atoms. The number of halogens is 2. The molecule has 72 valence electrons. The molecule has 0 fully saturated rings. The third-order valence-electron chi connectivity index (χ3n) is 1.44. The average molecular weight is 192 g/mol. The molecule has 1 aromatic heterocycles. The molecule has 1 rings (SSSR count). The number of carbonyl (C=O) groups is 1. The fourth-order valence-corrected chi connectivity index (χ4v) is 0.742. The van der Waals surface area contributed by atoms with Crippen LogP contribution < -0.4 is 0 Å². The topological polar surface area (TPSA) is 70.7 Å². The third kappa shape index (κ3) is 1.67. The summed E-state index contributed by atoms with van der Waals surface area (Å²) in [7, 11) is 0. The van der Waals surface area contributed by atoms with Crippen LogP contribution in [0.3, 0.4) is 0 Å². The molecule has 6 heteroatoms. The van der Waals surface area contributed by atoms with Crippen molar-refractivity contribution in [1.82, 2.24) is 0 Å². The van der Waals surface area contributed by atoms with Gasteiger partial charge in [0.05, 0.1) is 6.26 Å². The summed E-state index contributed by atoms with van der Waals surface area (Å²) >= 11 is 0. The summed E-state index contributed by atoms with van der Waals surface area (Å²) in [5.41, 5.74) is 0. The van der Waals surface area contributed by atoms with Crippen molar-refractivity contribution in [2.45, 2.75) is 12.0 Å². The van der Waals surface area contributed by atoms with Crippen LogP contribution in [0.1, 0.15) is 11.9 Å². The van der Waals surface area contributed by atoms with Crippen LogP contribution in [0.2, 0.25) is 0 Å². The van der Waals surface area contributed by atoms with Gasteiger partial charge in [0.25, 0.3) is 0 Å². The van der Waals surface area contributed by atoms with Crippen molar-refractivity contribution in [3.63, 3.8) is 0 Å². The maximum absolute atomic E-state index is 12.6. The van der Waals surface area contributed by atoms with Crippen LogP contribution in [0.5, 0.6) is 0 Å². The molecule has 1 atom stereocenters. The van der Waals surface area contributed by atoms with Gasteiger partial charge in [0.2, 0.25) is 0 Å². The predicted octanol–water partition coefficient (Wildman–Crippen LogP) is 1.03. The Hall–Kier alpha value is -1.43. The van der Waals surface area contributed by atoms with E-state index in [0.29, 0.717) is 0 Å². The highest BCUT2D eigenvalue weighted by atomic mass is 19.3. The van der Waals surface area contributed by atoms with Gasteiger partial charge in [-0.25, -0.2) is 4.79 Å². The van der Waals surface area contributed by atoms with Crippen molar-refractivity contribution >= 4 is 5.97 Å². The number of carboxylic acid groups (broad SMARTS) is 1. The quantitative estimate of drug-likeness (QED) is 0.750. The van der Waals surface area contributed by atoms with E-state index in [2.05, 4.69) is 4.42 Å². The maximum Gasteiger partial charge on any atom is 0.377 e. The first kappa shape index (κ1) is 9.66. The summed E-state index contributed by atoms with van der Waals surface area (Å²) in [5, 5.41) is 16.9. The molecule has 0 aliphatic carbocycles. The van der Waals surface area contributed by atoms with Gasteiger partial charge in [-0.2, -0.15) is 8.78 Å². The van der Waals surface area contributed by atoms with Crippen molar-refractivity contribution in [3.8, 4) is 0 Å². The van der Waals surface area contributed by atoms with Crippen LogP contribution in [0.15, 0.2) is 22.8 Å². The fraction of sp³-hybridized carbons (Fsp3) is 0.286. The largest absolute Gasteiger partial charge is 0.477 e. The lowest BCUT2D eigenvalue weighted by atomic mass is 10.1. The molecule has 0 saturated heterocycles. The SMILES string of the molecule is O=C(O)C(F)(F)C(O)c1ccco1. The number of hydrogen-bond donors (Lipinski definition) is 2. The van der Waals surface area contributed by atoms with E-state index in [1.165, 1.54) is 6.07 Å². The number of rotatable bonds is 3. The number of aliphatic hydroxyl groups excluding tert-OH is 1. The lowest BCUT2D eigenvalue weighted by molar-refractivity contribution is -0.184. The first-order valence-corrected chi connectivity index (χ1v) is 3.29. The van der Waals surface area contributed by atoms with Gasteiger partial charge in [-0.15, -0.1) is 0 Å². The minimum absolute atomic E-state index is 0.479. The molecule has 1 heterocycles. The number of aliphatic carboxylic acids is 1. The van der Waals surface area contributed by atoms with E-state index < -0.39 is 23.8 Å². The van der Waals surface area contributed by atoms with Crippen molar-refractivity contribution in [2.75, 3.05) is 0 Å². The highest BCUT2D eigenvalue weighted by Gasteiger charge is 2.49. The second kappa shape index (κ2) is 3.14. The number of hydrogen-bond acceptors (Lipinski definition) is 3. The van der Waals surface area contributed by atoms with Crippen LogP contribution in [-0.4, -0.2) is 22.1 Å². The number of carboxylic acids is 1. The van der Waals surface area contributed by atoms with Crippen LogP contribution in [0, 0.1) is 0 Å². The summed E-state index contributed by atoms with van der Waals surface area (Å²) < 4.78 is 29.6. The lowest BCUT2D eigenvalue weighted by Crippen LogP contribution is -2.35. The Morgan fingerprint density at radius 1 is 1.62 bits per heavy atom. The molecule has 0 saturated carbocycles. The Labute approximate surface area is 71.4 Å². The zero-order chi connectivity index (χ0) is 10.1. The fourth-order valence-electron chi connectivity index (χ4n) is 0.742. The minimum atomic E-state index is -4.24. The maximum atomic E-state index is 12.6. The average Bonchev–Trinajstić information content (AvgIpc) is 2.54. The summed E-state index contributed by atoms with van der Waals surface area (Å²) in [6.07, 6.45) is -1.39. The summed E-state index contributed by atoms with van der Waals surface area (Å²) in [6, 6.07) is 2.35. The Morgan fingerprint density at radius 3 is 2.62 bits per heavy atom. The Bertz CT molecular complexity index is 293. The van der Waals surface area contributed by atoms with Crippen molar-refractivity contribution in [3.05, 3.63) is 24.2 Å². The van der Waals surface area contributed by atoms with E-state index in [1.54, 1.807) is 0 Å². The van der Waals surface area contributed by atoms with Crippen LogP contribution in [-0.2, 0) is 4.79 Å². The van der Waals surface area contributed by atoms with Gasteiger partial charge in [-0.3, -0.25) is 0 Å². The molecular formula is C7H6F2O4. The van der Waals surface area contributed by atoms with E-state index >= 15 is 0 Å². The Balaban J connectivity index is 2.90. The van der Waals surface area contributed by atoms with Gasteiger partial charge in [0.15, 0.2) is 6.10 Å². The number of furan rings is 1. The molecule has 0 amide bonds. The molecule has 1 unspecified atom stereocenters. The first-order valence-electron chi connectivity index (χ1n) is 3.29. The monoisotopic (exact) mass is 192 g/mol. The zero-order valence-electron chi connectivity index (χ0n) is 6.28. The van der Waals surface area contributed by atoms with Gasteiger partial charge < -0.3 is 14.6 Å². The summed E-state index contributed by atoms with van der Waals surface area (Å²) in [5.74, 6) is -7.11. The number of aliphatic hydroxyl groups is 1. The predicted molar refractivity (Wildman–Crippen MR) is 36.3 cm³/mol. The molecule has 1 aromatic rings. The van der Waals surface area contributed by atoms with E-state index in [1.807, 2.05) is 0 Å². The second-order valence-corrected chi connectivity index (χ2v) is 2.35. The normalized spacial score (nSPS) is 14.1. The van der Waals surface area contributed by atoms with Gasteiger partial charge in [-0.1, -0.05) is 0 Å². The van der Waals surface area contributed by atoms with Gasteiger partial charge in [0.1, 0.15) is 5.76 Å². The number of alkyl halides is 2. The lowest BCUT2D eigenvalue weighted by Gasteiger charge is -2.15. The van der Waals surface area contributed by atoms with Crippen molar-refractivity contribution in [1.29, 1.82) is 0 Å². The second-order valence-electron chi connectivity index (χ2n) is 2.35. The highest BCUT2D eigenvalue weighted by Crippen LogP contribution is 2.31. The van der Waals surface area contributed by atoms with Crippen LogP contribution in [0.25, 0.3) is 0 Å². The van der Waals surface area contributed by atoms with Crippen LogP contribution in [0.4, 0.5) is 8.78 Å². The molecule has 0 aliphatic heterocycles. The highest BCUT2D eigenvalue weighted by molar-refractivity contribution is 5.76. The molecule has 2 N–H and O–H groups in total. The Kier molecular flexibility index (Phi) is 2.33. The molecule has 0 bridgehead atoms. The van der Waals surface area contributed by atoms with Gasteiger partial charge >= 0.3 is 11.9 Å². The summed E-state index contributed by atoms with van der Waals surface area (Å²) in [4.78, 5) is 10.0. The summed E-state index contributed by atoms with van der Waals surface area (Å²) in [6.45, 7) is 0. The Morgan fingerprint density at radius 2 is 2.23 bits per heavy atom. The molecule has 0 radical (unpaired) electrons. The van der Waals surface area contributed by atoms with E-state index in [-0.39, 0.29) is 0 Å². The van der Waals surface area contributed by atoms with Gasteiger partial charge in [0, 0.05) is 0 Å². The van der Waals surface area contributed by atoms with Crippen LogP contribution >= 0.6 is 0 Å². The molecule has 4 nitrogen and oxygen atoms in total. The van der Waals surface area contributed by atoms with E-state index in [9.17, 15) is 13.6 Å². The zero-order valence-corrected chi connectivity index (χ0v) is 6.28. The minimum Gasteiger partial charge on any atom is -0.477 e. The van der Waals surface area contributed by atoms with E-state index in [0.717, 1.165) is 12.3 Å². The standard InChI is InChI=1S/C7H6F2O4/c8-7(9,6(11)12)5(10)4-2-1-3-13-4/h1-3,5,10H,(H,11,12). The van der Waals surface area contributed by atoms with Crippen molar-refractivity contribution in [2.24, 2.45) is 0 Å². The first-order chi connectivity index (χ1) is 5.96. The smallest absolute Gasteiger partial charge is 0.377 e. The van der Waals surface area contributed by atoms with E-state index in [4.69, 9.17) is 10.2 Å². The molecule has 0 aromatic carbocycles.